The normalized spacial score (nSPS) is 21.2. The number of carbonyl (C=O) groups excluding carboxylic acids is 1. The Kier molecular flexibility index (Phi) is 5.57. The fourth-order valence-electron chi connectivity index (χ4n) is 3.65. The summed E-state index contributed by atoms with van der Waals surface area (Å²) < 4.78 is 44.8. The molecule has 0 radical (unpaired) electrons. The zero-order chi connectivity index (χ0) is 21.3. The average Bonchev–Trinajstić information content (AvgIpc) is 2.72. The molecule has 2 aromatic rings. The lowest BCUT2D eigenvalue weighted by atomic mass is 10.1. The van der Waals surface area contributed by atoms with Gasteiger partial charge in [0.25, 0.3) is 15.9 Å². The van der Waals surface area contributed by atoms with Crippen molar-refractivity contribution in [2.24, 2.45) is 0 Å². The topological polar surface area (TPSA) is 94.2 Å². The van der Waals surface area contributed by atoms with Crippen LogP contribution in [0.25, 0.3) is 0 Å². The molecule has 1 saturated heterocycles. The van der Waals surface area contributed by atoms with Crippen LogP contribution in [0.3, 0.4) is 0 Å². The molecule has 2 aromatic carbocycles. The predicted octanol–water partition coefficient (Wildman–Crippen LogP) is 2.51. The zero-order valence-corrected chi connectivity index (χ0v) is 17.6. The first-order valence-electron chi connectivity index (χ1n) is 9.79. The molecule has 0 bridgehead atoms. The highest BCUT2D eigenvalue weighted by atomic mass is 32.2. The van der Waals surface area contributed by atoms with Crippen LogP contribution in [0.15, 0.2) is 47.4 Å². The van der Waals surface area contributed by atoms with Crippen molar-refractivity contribution in [3.05, 3.63) is 48.0 Å². The third-order valence-corrected chi connectivity index (χ3v) is 6.27. The molecular formula is C21H24N2O6S. The maximum absolute atomic E-state index is 12.9. The summed E-state index contributed by atoms with van der Waals surface area (Å²) in [4.78, 5) is 14.7. The first-order chi connectivity index (χ1) is 14.3. The molecule has 2 atom stereocenters. The second-order valence-electron chi connectivity index (χ2n) is 7.46. The summed E-state index contributed by atoms with van der Waals surface area (Å²) in [5.41, 5.74) is 0.726. The minimum absolute atomic E-state index is 0.0467. The number of ether oxygens (including phenoxy) is 3. The molecule has 1 N–H and O–H groups in total. The summed E-state index contributed by atoms with van der Waals surface area (Å²) in [5.74, 6) is 0.753. The number of fused-ring (bicyclic) bond motifs is 1. The monoisotopic (exact) mass is 432 g/mol. The van der Waals surface area contributed by atoms with Crippen LogP contribution in [0.2, 0.25) is 0 Å². The lowest BCUT2D eigenvalue weighted by Gasteiger charge is -2.35. The van der Waals surface area contributed by atoms with Gasteiger partial charge >= 0.3 is 0 Å². The van der Waals surface area contributed by atoms with Crippen molar-refractivity contribution in [2.75, 3.05) is 31.0 Å². The summed E-state index contributed by atoms with van der Waals surface area (Å²) in [6.07, 6.45) is -0.0933. The van der Waals surface area contributed by atoms with Gasteiger partial charge in [0, 0.05) is 30.4 Å². The molecule has 0 saturated carbocycles. The van der Waals surface area contributed by atoms with Crippen LogP contribution < -0.4 is 14.2 Å². The highest BCUT2D eigenvalue weighted by molar-refractivity contribution is 7.92. The molecule has 2 unspecified atom stereocenters. The van der Waals surface area contributed by atoms with Gasteiger partial charge in [-0.15, -0.1) is 0 Å². The molecule has 1 fully saturated rings. The van der Waals surface area contributed by atoms with Gasteiger partial charge in [0.2, 0.25) is 0 Å². The standard InChI is InChI=1S/C21H24N2O6S/c1-14-12-23(13-15(2)29-14)21(24)16-4-3-5-17(10-16)22-30(25,26)18-6-7-19-20(11-18)28-9-8-27-19/h3-7,10-11,14-15,22H,8-9,12-13H2,1-2H3. The highest BCUT2D eigenvalue weighted by Crippen LogP contribution is 2.32. The van der Waals surface area contributed by atoms with Crippen LogP contribution in [0, 0.1) is 0 Å². The maximum Gasteiger partial charge on any atom is 0.262 e. The van der Waals surface area contributed by atoms with Gasteiger partial charge in [0.05, 0.1) is 17.1 Å². The van der Waals surface area contributed by atoms with Crippen molar-refractivity contribution in [1.82, 2.24) is 4.90 Å². The molecule has 8 nitrogen and oxygen atoms in total. The van der Waals surface area contributed by atoms with E-state index in [1.165, 1.54) is 12.1 Å². The Bertz CT molecular complexity index is 1050. The quantitative estimate of drug-likeness (QED) is 0.798. The molecule has 2 aliphatic heterocycles. The van der Waals surface area contributed by atoms with E-state index < -0.39 is 10.0 Å². The highest BCUT2D eigenvalue weighted by Gasteiger charge is 2.27. The lowest BCUT2D eigenvalue weighted by Crippen LogP contribution is -2.48. The van der Waals surface area contributed by atoms with Crippen LogP contribution in [0.1, 0.15) is 24.2 Å². The van der Waals surface area contributed by atoms with Gasteiger partial charge in [-0.25, -0.2) is 8.42 Å². The largest absolute Gasteiger partial charge is 0.486 e. The minimum atomic E-state index is -3.86. The first kappa shape index (κ1) is 20.5. The average molecular weight is 432 g/mol. The number of amides is 1. The number of nitrogens with one attached hydrogen (secondary N) is 1. The van der Waals surface area contributed by atoms with Crippen LogP contribution in [-0.2, 0) is 14.8 Å². The third kappa shape index (κ3) is 4.36. The number of carbonyl (C=O) groups is 1. The minimum Gasteiger partial charge on any atom is -0.486 e. The fourth-order valence-corrected chi connectivity index (χ4v) is 4.71. The number of hydrogen-bond acceptors (Lipinski definition) is 6. The number of benzene rings is 2. The van der Waals surface area contributed by atoms with Crippen molar-refractivity contribution in [3.8, 4) is 11.5 Å². The lowest BCUT2D eigenvalue weighted by molar-refractivity contribution is -0.0586. The maximum atomic E-state index is 12.9. The molecule has 4 rings (SSSR count). The molecule has 0 aromatic heterocycles. The molecule has 1 amide bonds. The Balaban J connectivity index is 1.53. The van der Waals surface area contributed by atoms with Crippen LogP contribution in [0.4, 0.5) is 5.69 Å². The summed E-state index contributed by atoms with van der Waals surface area (Å²) in [6, 6.07) is 10.9. The van der Waals surface area contributed by atoms with Crippen molar-refractivity contribution in [1.29, 1.82) is 0 Å². The Hall–Kier alpha value is -2.78. The van der Waals surface area contributed by atoms with E-state index in [0.717, 1.165) is 0 Å². The van der Waals surface area contributed by atoms with Crippen molar-refractivity contribution < 1.29 is 27.4 Å². The van der Waals surface area contributed by atoms with Crippen LogP contribution >= 0.6 is 0 Å². The van der Waals surface area contributed by atoms with E-state index in [1.54, 1.807) is 35.2 Å². The Labute approximate surface area is 175 Å². The SMILES string of the molecule is CC1CN(C(=O)c2cccc(NS(=O)(=O)c3ccc4c(c3)OCCO4)c2)CC(C)O1. The van der Waals surface area contributed by atoms with Gasteiger partial charge in [-0.2, -0.15) is 0 Å². The summed E-state index contributed by atoms with van der Waals surface area (Å²) in [6.45, 7) is 5.64. The third-order valence-electron chi connectivity index (χ3n) is 4.89. The molecule has 2 heterocycles. The fraction of sp³-hybridized carbons (Fsp3) is 0.381. The van der Waals surface area contributed by atoms with E-state index >= 15 is 0 Å². The molecular weight excluding hydrogens is 408 g/mol. The molecule has 9 heteroatoms. The van der Waals surface area contributed by atoms with Gasteiger partial charge < -0.3 is 19.1 Å². The number of hydrogen-bond donors (Lipinski definition) is 1. The number of morpholine rings is 1. The van der Waals surface area contributed by atoms with E-state index in [0.29, 0.717) is 49.1 Å². The van der Waals surface area contributed by atoms with Crippen molar-refractivity contribution in [3.63, 3.8) is 0 Å². The van der Waals surface area contributed by atoms with Gasteiger partial charge in [-0.3, -0.25) is 9.52 Å². The molecule has 160 valence electrons. The molecule has 0 aliphatic carbocycles. The van der Waals surface area contributed by atoms with Gasteiger partial charge in [-0.05, 0) is 44.2 Å². The number of nitrogens with zero attached hydrogens (tertiary/aromatic N) is 1. The van der Waals surface area contributed by atoms with Crippen LogP contribution in [-0.4, -0.2) is 57.7 Å². The summed E-state index contributed by atoms with van der Waals surface area (Å²) in [7, 11) is -3.86. The summed E-state index contributed by atoms with van der Waals surface area (Å²) >= 11 is 0. The van der Waals surface area contributed by atoms with Gasteiger partial charge in [-0.1, -0.05) is 6.07 Å². The zero-order valence-electron chi connectivity index (χ0n) is 16.8. The predicted molar refractivity (Wildman–Crippen MR) is 111 cm³/mol. The van der Waals surface area contributed by atoms with Gasteiger partial charge in [0.1, 0.15) is 13.2 Å². The Morgan fingerprint density at radius 2 is 1.70 bits per heavy atom. The van der Waals surface area contributed by atoms with E-state index in [9.17, 15) is 13.2 Å². The Morgan fingerprint density at radius 3 is 2.43 bits per heavy atom. The van der Waals surface area contributed by atoms with Crippen molar-refractivity contribution >= 4 is 21.6 Å². The summed E-state index contributed by atoms with van der Waals surface area (Å²) in [5, 5.41) is 0. The number of anilines is 1. The number of rotatable bonds is 4. The van der Waals surface area contributed by atoms with E-state index in [-0.39, 0.29) is 23.0 Å². The number of sulfonamides is 1. The first-order valence-corrected chi connectivity index (χ1v) is 11.3. The van der Waals surface area contributed by atoms with E-state index in [4.69, 9.17) is 14.2 Å². The van der Waals surface area contributed by atoms with E-state index in [1.807, 2.05) is 13.8 Å². The Morgan fingerprint density at radius 1 is 1.00 bits per heavy atom. The molecule has 2 aliphatic rings. The second-order valence-corrected chi connectivity index (χ2v) is 9.14. The van der Waals surface area contributed by atoms with Crippen molar-refractivity contribution in [2.45, 2.75) is 31.0 Å². The molecule has 30 heavy (non-hydrogen) atoms. The van der Waals surface area contributed by atoms with E-state index in [2.05, 4.69) is 4.72 Å². The van der Waals surface area contributed by atoms with Crippen LogP contribution in [0.5, 0.6) is 11.5 Å². The van der Waals surface area contributed by atoms with Gasteiger partial charge in [0.15, 0.2) is 11.5 Å². The smallest absolute Gasteiger partial charge is 0.262 e. The second kappa shape index (κ2) is 8.16. The molecule has 0 spiro atoms.